The third kappa shape index (κ3) is 1.14. The molecule has 1 aliphatic heterocycles. The average Bonchev–Trinajstić information content (AvgIpc) is 1.55. The number of nitrogens with one attached hydrogen (secondary N) is 1. The maximum atomic E-state index is 6.83. The van der Waals surface area contributed by atoms with E-state index in [0.29, 0.717) is 6.54 Å². The van der Waals surface area contributed by atoms with Crippen LogP contribution < -0.4 is 5.73 Å². The minimum absolute atomic E-state index is 0.569. The van der Waals surface area contributed by atoms with Crippen molar-refractivity contribution in [1.29, 1.82) is 0 Å². The lowest BCUT2D eigenvalue weighted by Gasteiger charge is -2.29. The van der Waals surface area contributed by atoms with Gasteiger partial charge in [-0.3, -0.25) is 5.73 Å². The van der Waals surface area contributed by atoms with E-state index < -0.39 is 0 Å². The van der Waals surface area contributed by atoms with E-state index in [-0.39, 0.29) is 0 Å². The molecule has 2 heteroatoms. The van der Waals surface area contributed by atoms with Gasteiger partial charge in [0.2, 0.25) is 0 Å². The molecule has 0 aromatic rings. The zero-order valence-electron chi connectivity index (χ0n) is 4.48. The average molecular weight is 99.2 g/mol. The van der Waals surface area contributed by atoms with Gasteiger partial charge < -0.3 is 4.90 Å². The fourth-order valence-corrected chi connectivity index (χ4v) is 0.763. The summed E-state index contributed by atoms with van der Waals surface area (Å²) in [5.74, 6) is 0. The molecule has 0 bridgehead atoms. The van der Waals surface area contributed by atoms with E-state index in [1.165, 1.54) is 19.5 Å². The second kappa shape index (κ2) is 2.28. The monoisotopic (exact) mass is 99.1 g/mol. The fraction of sp³-hybridized carbons (Fsp3) is 1.00. The first-order valence-electron chi connectivity index (χ1n) is 2.80. The van der Waals surface area contributed by atoms with Crippen LogP contribution in [-0.2, 0) is 0 Å². The predicted molar refractivity (Wildman–Crippen MR) is 29.0 cm³/mol. The molecular weight excluding hydrogens is 88.1 g/mol. The molecule has 0 amide bonds. The molecule has 0 aromatic carbocycles. The van der Waals surface area contributed by atoms with Crippen LogP contribution in [0.1, 0.15) is 6.42 Å². The third-order valence-corrected chi connectivity index (χ3v) is 1.38. The summed E-state index contributed by atoms with van der Waals surface area (Å²) in [6, 6.07) is 0. The van der Waals surface area contributed by atoms with Gasteiger partial charge in [-0.2, -0.15) is 0 Å². The molecular formula is C5H11N2. The normalized spacial score (nSPS) is 21.9. The zero-order chi connectivity index (χ0) is 5.11. The van der Waals surface area contributed by atoms with Crippen LogP contribution in [-0.4, -0.2) is 31.1 Å². The lowest BCUT2D eigenvalue weighted by molar-refractivity contribution is 0.186. The van der Waals surface area contributed by atoms with Gasteiger partial charge in [-0.05, 0) is 19.5 Å². The van der Waals surface area contributed by atoms with Gasteiger partial charge in [-0.25, -0.2) is 0 Å². The van der Waals surface area contributed by atoms with Gasteiger partial charge in [0.15, 0.2) is 0 Å². The van der Waals surface area contributed by atoms with Gasteiger partial charge >= 0.3 is 0 Å². The number of hydrogen-bond donors (Lipinski definition) is 0. The highest BCUT2D eigenvalue weighted by Gasteiger charge is 2.10. The third-order valence-electron chi connectivity index (χ3n) is 1.38. The van der Waals surface area contributed by atoms with Gasteiger partial charge in [0.25, 0.3) is 0 Å². The molecule has 0 spiro atoms. The molecule has 1 N–H and O–H groups in total. The topological polar surface area (TPSA) is 27.0 Å². The second-order valence-electron chi connectivity index (χ2n) is 1.95. The van der Waals surface area contributed by atoms with E-state index in [2.05, 4.69) is 4.90 Å². The van der Waals surface area contributed by atoms with Crippen molar-refractivity contribution < 1.29 is 0 Å². The molecule has 1 aliphatic rings. The smallest absolute Gasteiger partial charge is 0.0228 e. The Morgan fingerprint density at radius 3 is 2.29 bits per heavy atom. The van der Waals surface area contributed by atoms with Crippen LogP contribution in [0.4, 0.5) is 0 Å². The maximum absolute atomic E-state index is 6.83. The zero-order valence-corrected chi connectivity index (χ0v) is 4.48. The summed E-state index contributed by atoms with van der Waals surface area (Å²) < 4.78 is 0. The van der Waals surface area contributed by atoms with Crippen molar-refractivity contribution in [2.24, 2.45) is 0 Å². The summed E-state index contributed by atoms with van der Waals surface area (Å²) in [4.78, 5) is 2.30. The molecule has 7 heavy (non-hydrogen) atoms. The first kappa shape index (κ1) is 5.06. The van der Waals surface area contributed by atoms with Crippen LogP contribution in [0.2, 0.25) is 0 Å². The number of hydrogen-bond acceptors (Lipinski definition) is 1. The summed E-state index contributed by atoms with van der Waals surface area (Å²) >= 11 is 0. The molecule has 0 aliphatic carbocycles. The summed E-state index contributed by atoms with van der Waals surface area (Å²) in [6.45, 7) is 4.03. The molecule has 1 radical (unpaired) electrons. The Balaban J connectivity index is 1.93. The van der Waals surface area contributed by atoms with Crippen LogP contribution in [0.3, 0.4) is 0 Å². The first-order chi connectivity index (χ1) is 3.43. The second-order valence-corrected chi connectivity index (χ2v) is 1.95. The lowest BCUT2D eigenvalue weighted by atomic mass is 10.2. The SMILES string of the molecule is [NH]CCN1CCC1. The highest BCUT2D eigenvalue weighted by atomic mass is 15.2. The van der Waals surface area contributed by atoms with Gasteiger partial charge in [0, 0.05) is 13.1 Å². The summed E-state index contributed by atoms with van der Waals surface area (Å²) in [6.07, 6.45) is 1.35. The van der Waals surface area contributed by atoms with E-state index in [0.717, 1.165) is 6.54 Å². The largest absolute Gasteiger partial charge is 0.302 e. The Labute approximate surface area is 44.3 Å². The van der Waals surface area contributed by atoms with Crippen molar-refractivity contribution in [3.63, 3.8) is 0 Å². The Hall–Kier alpha value is -0.0800. The van der Waals surface area contributed by atoms with Crippen LogP contribution in [0.15, 0.2) is 0 Å². The Bertz CT molecular complexity index is 50.0. The van der Waals surface area contributed by atoms with Crippen molar-refractivity contribution in [2.75, 3.05) is 26.2 Å². The van der Waals surface area contributed by atoms with E-state index in [1.54, 1.807) is 0 Å². The molecule has 1 fully saturated rings. The van der Waals surface area contributed by atoms with Gasteiger partial charge in [0.05, 0.1) is 0 Å². The van der Waals surface area contributed by atoms with E-state index >= 15 is 0 Å². The highest BCUT2D eigenvalue weighted by Crippen LogP contribution is 2.02. The molecule has 1 heterocycles. The van der Waals surface area contributed by atoms with Crippen LogP contribution in [0.5, 0.6) is 0 Å². The molecule has 1 rings (SSSR count). The quantitative estimate of drug-likeness (QED) is 0.478. The number of nitrogens with zero attached hydrogens (tertiary/aromatic N) is 1. The predicted octanol–water partition coefficient (Wildman–Crippen LogP) is -0.0250. The van der Waals surface area contributed by atoms with Crippen molar-refractivity contribution in [2.45, 2.75) is 6.42 Å². The van der Waals surface area contributed by atoms with Gasteiger partial charge in [-0.15, -0.1) is 0 Å². The van der Waals surface area contributed by atoms with Crippen molar-refractivity contribution >= 4 is 0 Å². The maximum Gasteiger partial charge on any atom is 0.0228 e. The lowest BCUT2D eigenvalue weighted by Crippen LogP contribution is -2.39. The van der Waals surface area contributed by atoms with Gasteiger partial charge in [0.1, 0.15) is 0 Å². The van der Waals surface area contributed by atoms with E-state index in [4.69, 9.17) is 5.73 Å². The highest BCUT2D eigenvalue weighted by molar-refractivity contribution is 4.67. The Morgan fingerprint density at radius 2 is 2.14 bits per heavy atom. The Kier molecular flexibility index (Phi) is 1.65. The number of rotatable bonds is 2. The fourth-order valence-electron chi connectivity index (χ4n) is 0.763. The summed E-state index contributed by atoms with van der Waals surface area (Å²) in [5, 5.41) is 0. The molecule has 0 atom stereocenters. The van der Waals surface area contributed by atoms with Gasteiger partial charge in [-0.1, -0.05) is 0 Å². The molecule has 0 aromatic heterocycles. The van der Waals surface area contributed by atoms with Crippen molar-refractivity contribution in [3.8, 4) is 0 Å². The summed E-state index contributed by atoms with van der Waals surface area (Å²) in [7, 11) is 0. The van der Waals surface area contributed by atoms with Crippen molar-refractivity contribution in [3.05, 3.63) is 0 Å². The standard InChI is InChI=1S/C5H11N2/c6-2-5-7-3-1-4-7/h6H,1-5H2. The minimum atomic E-state index is 0.569. The molecule has 0 unspecified atom stereocenters. The molecule has 41 valence electrons. The number of likely N-dealkylation sites (tertiary alicyclic amines) is 1. The first-order valence-corrected chi connectivity index (χ1v) is 2.80. The van der Waals surface area contributed by atoms with Crippen LogP contribution in [0.25, 0.3) is 0 Å². The van der Waals surface area contributed by atoms with Crippen LogP contribution >= 0.6 is 0 Å². The van der Waals surface area contributed by atoms with E-state index in [9.17, 15) is 0 Å². The minimum Gasteiger partial charge on any atom is -0.302 e. The van der Waals surface area contributed by atoms with Crippen LogP contribution in [0, 0.1) is 0 Å². The van der Waals surface area contributed by atoms with Crippen molar-refractivity contribution in [1.82, 2.24) is 10.6 Å². The Morgan fingerprint density at radius 1 is 1.43 bits per heavy atom. The van der Waals surface area contributed by atoms with E-state index in [1.807, 2.05) is 0 Å². The molecule has 2 nitrogen and oxygen atoms in total. The molecule has 1 saturated heterocycles. The molecule has 0 saturated carbocycles. The summed E-state index contributed by atoms with van der Waals surface area (Å²) in [5.41, 5.74) is 6.83.